The molecule has 0 saturated heterocycles. The van der Waals surface area contributed by atoms with Gasteiger partial charge in [-0.15, -0.1) is 0 Å². The van der Waals surface area contributed by atoms with E-state index in [0.29, 0.717) is 0 Å². The molecule has 0 aromatic heterocycles. The van der Waals surface area contributed by atoms with Crippen molar-refractivity contribution in [3.8, 4) is 0 Å². The van der Waals surface area contributed by atoms with Gasteiger partial charge in [0, 0.05) is 6.04 Å². The number of nitrogens with zero attached hydrogens (tertiary/aromatic N) is 1. The van der Waals surface area contributed by atoms with Crippen LogP contribution in [-0.2, 0) is 9.53 Å². The summed E-state index contributed by atoms with van der Waals surface area (Å²) >= 11 is 6.13. The summed E-state index contributed by atoms with van der Waals surface area (Å²) < 4.78 is 5.05. The van der Waals surface area contributed by atoms with E-state index in [1.54, 1.807) is 24.3 Å². The fraction of sp³-hybridized carbons (Fsp3) is 0.273. The highest BCUT2D eigenvalue weighted by Crippen LogP contribution is 2.33. The van der Waals surface area contributed by atoms with Gasteiger partial charge in [0.05, 0.1) is 27.4 Å². The average molecular weight is 429 g/mol. The third-order valence-electron chi connectivity index (χ3n) is 4.90. The van der Waals surface area contributed by atoms with E-state index in [1.807, 2.05) is 13.8 Å². The van der Waals surface area contributed by atoms with Gasteiger partial charge in [-0.25, -0.2) is 9.69 Å². The molecule has 0 radical (unpaired) electrons. The lowest BCUT2D eigenvalue weighted by Gasteiger charge is -2.15. The molecule has 0 fully saturated rings. The molecule has 1 aliphatic heterocycles. The molecule has 156 valence electrons. The van der Waals surface area contributed by atoms with Crippen LogP contribution in [0.15, 0.2) is 42.5 Å². The van der Waals surface area contributed by atoms with Gasteiger partial charge in [-0.05, 0) is 43.2 Å². The zero-order valence-corrected chi connectivity index (χ0v) is 17.4. The first kappa shape index (κ1) is 21.5. The van der Waals surface area contributed by atoms with E-state index in [2.05, 4.69) is 5.32 Å². The average Bonchev–Trinajstić information content (AvgIpc) is 3.00. The predicted molar refractivity (Wildman–Crippen MR) is 112 cm³/mol. The Kier molecular flexibility index (Phi) is 6.52. The Morgan fingerprint density at radius 2 is 1.70 bits per heavy atom. The van der Waals surface area contributed by atoms with Crippen LogP contribution in [-0.4, -0.2) is 36.3 Å². The SMILES string of the molecule is CCC(CC)NC(=O)COC(=O)c1ccc2c(c1)C(=O)N(c1ccccc1Cl)C2=O. The van der Waals surface area contributed by atoms with Crippen molar-refractivity contribution in [2.75, 3.05) is 11.5 Å². The zero-order chi connectivity index (χ0) is 21.8. The van der Waals surface area contributed by atoms with Gasteiger partial charge in [0.1, 0.15) is 0 Å². The third-order valence-corrected chi connectivity index (χ3v) is 5.22. The minimum absolute atomic E-state index is 0.0237. The molecule has 2 aromatic rings. The molecule has 1 N–H and O–H groups in total. The molecule has 1 aliphatic rings. The summed E-state index contributed by atoms with van der Waals surface area (Å²) in [6.07, 6.45) is 1.55. The van der Waals surface area contributed by atoms with Gasteiger partial charge >= 0.3 is 5.97 Å². The Morgan fingerprint density at radius 1 is 1.03 bits per heavy atom. The molecule has 3 rings (SSSR count). The van der Waals surface area contributed by atoms with Gasteiger partial charge in [0.2, 0.25) is 0 Å². The molecule has 0 unspecified atom stereocenters. The van der Waals surface area contributed by atoms with Gasteiger partial charge in [0.15, 0.2) is 6.61 Å². The number of ether oxygens (including phenoxy) is 1. The van der Waals surface area contributed by atoms with E-state index in [0.717, 1.165) is 17.7 Å². The first-order valence-corrected chi connectivity index (χ1v) is 9.99. The Bertz CT molecular complexity index is 1020. The number of rotatable bonds is 7. The lowest BCUT2D eigenvalue weighted by atomic mass is 10.1. The number of esters is 1. The van der Waals surface area contributed by atoms with E-state index in [9.17, 15) is 19.2 Å². The standard InChI is InChI=1S/C22H21ClN2O5/c1-3-14(4-2)24-19(26)12-30-22(29)13-9-10-15-16(11-13)21(28)25(20(15)27)18-8-6-5-7-17(18)23/h5-11,14H,3-4,12H2,1-2H3,(H,24,26). The summed E-state index contributed by atoms with van der Waals surface area (Å²) in [5.74, 6) is -2.25. The maximum atomic E-state index is 12.8. The van der Waals surface area contributed by atoms with Crippen LogP contribution in [0.5, 0.6) is 0 Å². The van der Waals surface area contributed by atoms with Crippen LogP contribution in [0.2, 0.25) is 5.02 Å². The highest BCUT2D eigenvalue weighted by molar-refractivity contribution is 6.39. The van der Waals surface area contributed by atoms with Gasteiger partial charge in [-0.3, -0.25) is 14.4 Å². The third kappa shape index (κ3) is 4.21. The molecule has 0 atom stereocenters. The first-order chi connectivity index (χ1) is 14.4. The number of hydrogen-bond donors (Lipinski definition) is 1. The van der Waals surface area contributed by atoms with Crippen LogP contribution in [0.25, 0.3) is 0 Å². The quantitative estimate of drug-likeness (QED) is 0.537. The maximum absolute atomic E-state index is 12.8. The summed E-state index contributed by atoms with van der Waals surface area (Å²) in [5.41, 5.74) is 0.595. The van der Waals surface area contributed by atoms with Crippen molar-refractivity contribution in [3.63, 3.8) is 0 Å². The molecule has 0 bridgehead atoms. The van der Waals surface area contributed by atoms with Crippen LogP contribution in [0, 0.1) is 0 Å². The number of amides is 3. The second-order valence-corrected chi connectivity index (χ2v) is 7.22. The van der Waals surface area contributed by atoms with Crippen molar-refractivity contribution >= 4 is 41.0 Å². The second-order valence-electron chi connectivity index (χ2n) is 6.81. The number of halogens is 1. The number of imide groups is 1. The minimum Gasteiger partial charge on any atom is -0.452 e. The molecule has 3 amide bonds. The fourth-order valence-corrected chi connectivity index (χ4v) is 3.42. The largest absolute Gasteiger partial charge is 0.452 e. The number of nitrogens with one attached hydrogen (secondary N) is 1. The smallest absolute Gasteiger partial charge is 0.338 e. The number of carbonyl (C=O) groups is 4. The van der Waals surface area contributed by atoms with E-state index >= 15 is 0 Å². The fourth-order valence-electron chi connectivity index (χ4n) is 3.20. The van der Waals surface area contributed by atoms with Gasteiger partial charge in [-0.1, -0.05) is 37.6 Å². The Balaban J connectivity index is 1.74. The van der Waals surface area contributed by atoms with Crippen molar-refractivity contribution in [1.29, 1.82) is 0 Å². The van der Waals surface area contributed by atoms with E-state index < -0.39 is 30.3 Å². The Hall–Kier alpha value is -3.19. The van der Waals surface area contributed by atoms with Crippen molar-refractivity contribution in [2.45, 2.75) is 32.7 Å². The number of carbonyl (C=O) groups excluding carboxylic acids is 4. The molecule has 30 heavy (non-hydrogen) atoms. The first-order valence-electron chi connectivity index (χ1n) is 9.61. The molecule has 0 spiro atoms. The van der Waals surface area contributed by atoms with Gasteiger partial charge in [0.25, 0.3) is 17.7 Å². The monoisotopic (exact) mass is 428 g/mol. The number of fused-ring (bicyclic) bond motifs is 1. The Morgan fingerprint density at radius 3 is 2.37 bits per heavy atom. The van der Waals surface area contributed by atoms with E-state index in [1.165, 1.54) is 18.2 Å². The lowest BCUT2D eigenvalue weighted by molar-refractivity contribution is -0.125. The highest BCUT2D eigenvalue weighted by Gasteiger charge is 2.38. The molecule has 1 heterocycles. The highest BCUT2D eigenvalue weighted by atomic mass is 35.5. The molecule has 0 aliphatic carbocycles. The molecule has 2 aromatic carbocycles. The van der Waals surface area contributed by atoms with Crippen molar-refractivity contribution in [3.05, 3.63) is 64.2 Å². The topological polar surface area (TPSA) is 92.8 Å². The summed E-state index contributed by atoms with van der Waals surface area (Å²) in [6.45, 7) is 3.48. The van der Waals surface area contributed by atoms with E-state index in [-0.39, 0.29) is 33.4 Å². The van der Waals surface area contributed by atoms with Crippen LogP contribution in [0.1, 0.15) is 57.8 Å². The van der Waals surface area contributed by atoms with Crippen molar-refractivity contribution in [1.82, 2.24) is 5.32 Å². The summed E-state index contributed by atoms with van der Waals surface area (Å²) in [5, 5.41) is 3.03. The van der Waals surface area contributed by atoms with Crippen LogP contribution < -0.4 is 10.2 Å². The predicted octanol–water partition coefficient (Wildman–Crippen LogP) is 3.60. The molecule has 0 saturated carbocycles. The molecule has 7 nitrogen and oxygen atoms in total. The zero-order valence-electron chi connectivity index (χ0n) is 16.6. The molecule has 8 heteroatoms. The second kappa shape index (κ2) is 9.09. The number of benzene rings is 2. The van der Waals surface area contributed by atoms with Gasteiger partial charge < -0.3 is 10.1 Å². The Labute approximate surface area is 179 Å². The van der Waals surface area contributed by atoms with Gasteiger partial charge in [-0.2, -0.15) is 0 Å². The number of hydrogen-bond acceptors (Lipinski definition) is 5. The summed E-state index contributed by atoms with van der Waals surface area (Å²) in [7, 11) is 0. The van der Waals surface area contributed by atoms with Crippen LogP contribution >= 0.6 is 11.6 Å². The van der Waals surface area contributed by atoms with Crippen LogP contribution in [0.3, 0.4) is 0 Å². The lowest BCUT2D eigenvalue weighted by Crippen LogP contribution is -2.36. The summed E-state index contributed by atoms with van der Waals surface area (Å²) in [4.78, 5) is 50.7. The minimum atomic E-state index is -0.756. The van der Waals surface area contributed by atoms with Crippen molar-refractivity contribution in [2.24, 2.45) is 0 Å². The maximum Gasteiger partial charge on any atom is 0.338 e. The normalized spacial score (nSPS) is 12.9. The van der Waals surface area contributed by atoms with Crippen molar-refractivity contribution < 1.29 is 23.9 Å². The van der Waals surface area contributed by atoms with Crippen LogP contribution in [0.4, 0.5) is 5.69 Å². The number of para-hydroxylation sites is 1. The summed E-state index contributed by atoms with van der Waals surface area (Å²) in [6, 6.07) is 10.6. The molecular weight excluding hydrogens is 408 g/mol. The van der Waals surface area contributed by atoms with E-state index in [4.69, 9.17) is 16.3 Å². The molecular formula is C22H21ClN2O5. The number of anilines is 1.